The highest BCUT2D eigenvalue weighted by molar-refractivity contribution is 7.91. The number of hydrogen-bond acceptors (Lipinski definition) is 5. The zero-order valence-corrected chi connectivity index (χ0v) is 16.6. The molecule has 2 aromatic rings. The zero-order valence-electron chi connectivity index (χ0n) is 15.8. The fraction of sp³-hybridized carbons (Fsp3) is 0.400. The van der Waals surface area contributed by atoms with Crippen molar-refractivity contribution in [3.8, 4) is 0 Å². The van der Waals surface area contributed by atoms with Crippen LogP contribution < -0.4 is 10.6 Å². The number of carbonyl (C=O) groups excluding carboxylic acids is 1. The van der Waals surface area contributed by atoms with E-state index in [9.17, 15) is 13.2 Å². The highest BCUT2D eigenvalue weighted by Gasteiger charge is 2.29. The molecule has 1 fully saturated rings. The van der Waals surface area contributed by atoms with E-state index >= 15 is 0 Å². The second-order valence-electron chi connectivity index (χ2n) is 7.99. The summed E-state index contributed by atoms with van der Waals surface area (Å²) in [6.07, 6.45) is 3.58. The second kappa shape index (κ2) is 7.31. The number of sulfone groups is 1. The van der Waals surface area contributed by atoms with Gasteiger partial charge < -0.3 is 10.6 Å². The molecular formula is C20H25N3O3S. The molecule has 1 saturated heterocycles. The van der Waals surface area contributed by atoms with E-state index < -0.39 is 9.84 Å². The Morgan fingerprint density at radius 3 is 2.41 bits per heavy atom. The average molecular weight is 388 g/mol. The topological polar surface area (TPSA) is 88.2 Å². The molecule has 144 valence electrons. The maximum absolute atomic E-state index is 12.4. The minimum Gasteiger partial charge on any atom is -0.354 e. The van der Waals surface area contributed by atoms with Gasteiger partial charge in [-0.3, -0.25) is 9.78 Å². The molecule has 7 heteroatoms. The van der Waals surface area contributed by atoms with Gasteiger partial charge in [0.15, 0.2) is 9.84 Å². The first-order valence-corrected chi connectivity index (χ1v) is 10.8. The Kier molecular flexibility index (Phi) is 5.24. The van der Waals surface area contributed by atoms with Crippen LogP contribution in [0.15, 0.2) is 42.7 Å². The molecule has 1 aromatic carbocycles. The van der Waals surface area contributed by atoms with E-state index in [2.05, 4.69) is 48.5 Å². The molecular weight excluding hydrogens is 362 g/mol. The van der Waals surface area contributed by atoms with Crippen molar-refractivity contribution in [2.24, 2.45) is 0 Å². The third kappa shape index (κ3) is 5.07. The summed E-state index contributed by atoms with van der Waals surface area (Å²) in [5.41, 5.74) is 3.34. The number of benzene rings is 1. The molecule has 0 aliphatic carbocycles. The fourth-order valence-electron chi connectivity index (χ4n) is 3.03. The van der Waals surface area contributed by atoms with Crippen LogP contribution in [0.4, 0.5) is 11.4 Å². The van der Waals surface area contributed by atoms with Gasteiger partial charge in [-0.25, -0.2) is 8.42 Å². The van der Waals surface area contributed by atoms with Crippen molar-refractivity contribution < 1.29 is 13.2 Å². The maximum atomic E-state index is 12.4. The summed E-state index contributed by atoms with van der Waals surface area (Å²) in [7, 11) is -3.03. The maximum Gasteiger partial charge on any atom is 0.253 e. The van der Waals surface area contributed by atoms with E-state index in [-0.39, 0.29) is 28.9 Å². The van der Waals surface area contributed by atoms with Crippen LogP contribution in [0.3, 0.4) is 0 Å². The van der Waals surface area contributed by atoms with Crippen LogP contribution in [0, 0.1) is 0 Å². The summed E-state index contributed by atoms with van der Waals surface area (Å²) in [6, 6.07) is 9.53. The Labute approximate surface area is 160 Å². The van der Waals surface area contributed by atoms with Gasteiger partial charge in [0.25, 0.3) is 5.91 Å². The van der Waals surface area contributed by atoms with Crippen LogP contribution in [0.25, 0.3) is 0 Å². The van der Waals surface area contributed by atoms with Crippen molar-refractivity contribution in [2.75, 3.05) is 16.8 Å². The molecule has 0 radical (unpaired) electrons. The number of hydrogen-bond donors (Lipinski definition) is 2. The lowest BCUT2D eigenvalue weighted by Crippen LogP contribution is -2.35. The summed E-state index contributed by atoms with van der Waals surface area (Å²) in [4.78, 5) is 16.5. The third-order valence-electron chi connectivity index (χ3n) is 4.61. The Hall–Kier alpha value is -2.41. The fourth-order valence-corrected chi connectivity index (χ4v) is 4.70. The molecule has 1 amide bonds. The summed E-state index contributed by atoms with van der Waals surface area (Å²) in [6.45, 7) is 6.49. The van der Waals surface area contributed by atoms with E-state index in [0.717, 1.165) is 5.69 Å². The summed E-state index contributed by atoms with van der Waals surface area (Å²) in [5, 5.41) is 6.03. The van der Waals surface area contributed by atoms with Gasteiger partial charge in [-0.2, -0.15) is 0 Å². The lowest BCUT2D eigenvalue weighted by molar-refractivity contribution is 0.0941. The predicted octanol–water partition coefficient (Wildman–Crippen LogP) is 3.04. The predicted molar refractivity (Wildman–Crippen MR) is 107 cm³/mol. The van der Waals surface area contributed by atoms with Crippen molar-refractivity contribution in [2.45, 2.75) is 38.6 Å². The summed E-state index contributed by atoms with van der Waals surface area (Å²) >= 11 is 0. The standard InChI is InChI=1S/C20H25N3O3S/c1-20(2,3)15-4-6-16(7-5-15)22-18-10-14(11-21-12-18)19(24)23-17-8-9-27(25,26)13-17/h4-7,10-12,17,22H,8-9,13H2,1-3H3,(H,23,24). The summed E-state index contributed by atoms with van der Waals surface area (Å²) < 4.78 is 23.1. The van der Waals surface area contributed by atoms with Crippen LogP contribution in [0.1, 0.15) is 43.1 Å². The normalized spacial score (nSPS) is 18.9. The molecule has 0 spiro atoms. The molecule has 6 nitrogen and oxygen atoms in total. The van der Waals surface area contributed by atoms with Crippen LogP contribution in [-0.4, -0.2) is 36.9 Å². The first-order valence-electron chi connectivity index (χ1n) is 8.96. The van der Waals surface area contributed by atoms with Gasteiger partial charge in [-0.05, 0) is 35.6 Å². The lowest BCUT2D eigenvalue weighted by atomic mass is 9.87. The van der Waals surface area contributed by atoms with Gasteiger partial charge in [0.1, 0.15) is 0 Å². The molecule has 1 atom stereocenters. The smallest absolute Gasteiger partial charge is 0.253 e. The van der Waals surface area contributed by atoms with Crippen LogP contribution >= 0.6 is 0 Å². The molecule has 2 N–H and O–H groups in total. The minimum absolute atomic E-state index is 0.00420. The van der Waals surface area contributed by atoms with Crippen LogP contribution in [-0.2, 0) is 15.3 Å². The highest BCUT2D eigenvalue weighted by Crippen LogP contribution is 2.25. The molecule has 27 heavy (non-hydrogen) atoms. The number of pyridine rings is 1. The van der Waals surface area contributed by atoms with Crippen LogP contribution in [0.2, 0.25) is 0 Å². The first-order chi connectivity index (χ1) is 12.6. The van der Waals surface area contributed by atoms with Crippen LogP contribution in [0.5, 0.6) is 0 Å². The second-order valence-corrected chi connectivity index (χ2v) is 10.2. The molecule has 1 unspecified atom stereocenters. The lowest BCUT2D eigenvalue weighted by Gasteiger charge is -2.19. The monoisotopic (exact) mass is 387 g/mol. The molecule has 1 aromatic heterocycles. The van der Waals surface area contributed by atoms with Gasteiger partial charge in [-0.1, -0.05) is 32.9 Å². The summed E-state index contributed by atoms with van der Waals surface area (Å²) in [5.74, 6) is -0.177. The van der Waals surface area contributed by atoms with E-state index in [4.69, 9.17) is 0 Å². The van der Waals surface area contributed by atoms with Crippen molar-refractivity contribution in [1.29, 1.82) is 0 Å². The van der Waals surface area contributed by atoms with Gasteiger partial charge in [-0.15, -0.1) is 0 Å². The number of carbonyl (C=O) groups is 1. The average Bonchev–Trinajstić information content (AvgIpc) is 2.93. The van der Waals surface area contributed by atoms with E-state index in [1.165, 1.54) is 11.8 Å². The number of anilines is 2. The van der Waals surface area contributed by atoms with Gasteiger partial charge >= 0.3 is 0 Å². The third-order valence-corrected chi connectivity index (χ3v) is 6.38. The van der Waals surface area contributed by atoms with Gasteiger partial charge in [0.05, 0.1) is 29.0 Å². The zero-order chi connectivity index (χ0) is 19.7. The van der Waals surface area contributed by atoms with E-state index in [0.29, 0.717) is 17.7 Å². The van der Waals surface area contributed by atoms with Gasteiger partial charge in [0.2, 0.25) is 0 Å². The highest BCUT2D eigenvalue weighted by atomic mass is 32.2. The van der Waals surface area contributed by atoms with Crippen molar-refractivity contribution in [3.63, 3.8) is 0 Å². The van der Waals surface area contributed by atoms with E-state index in [1.807, 2.05) is 12.1 Å². The largest absolute Gasteiger partial charge is 0.354 e. The Bertz CT molecular complexity index is 932. The van der Waals surface area contributed by atoms with Crippen molar-refractivity contribution >= 4 is 27.1 Å². The Morgan fingerprint density at radius 1 is 1.11 bits per heavy atom. The Morgan fingerprint density at radius 2 is 1.81 bits per heavy atom. The number of nitrogens with zero attached hydrogens (tertiary/aromatic N) is 1. The molecule has 1 aliphatic heterocycles. The number of rotatable bonds is 4. The Balaban J connectivity index is 1.67. The molecule has 0 saturated carbocycles. The van der Waals surface area contributed by atoms with Gasteiger partial charge in [0, 0.05) is 17.9 Å². The molecule has 2 heterocycles. The van der Waals surface area contributed by atoms with Crippen molar-refractivity contribution in [3.05, 3.63) is 53.9 Å². The quantitative estimate of drug-likeness (QED) is 0.842. The molecule has 1 aliphatic rings. The number of aromatic nitrogens is 1. The number of nitrogens with one attached hydrogen (secondary N) is 2. The molecule has 0 bridgehead atoms. The number of amides is 1. The first kappa shape index (κ1) is 19.4. The van der Waals surface area contributed by atoms with E-state index in [1.54, 1.807) is 12.3 Å². The van der Waals surface area contributed by atoms with Crippen molar-refractivity contribution in [1.82, 2.24) is 10.3 Å². The molecule has 3 rings (SSSR count). The minimum atomic E-state index is -3.03. The SMILES string of the molecule is CC(C)(C)c1ccc(Nc2cncc(C(=O)NC3CCS(=O)(=O)C3)c2)cc1.